The van der Waals surface area contributed by atoms with Crippen molar-refractivity contribution >= 4 is 51.5 Å². The minimum Gasteiger partial charge on any atom is -0.472 e. The van der Waals surface area contributed by atoms with Gasteiger partial charge in [0, 0.05) is 28.0 Å². The highest BCUT2D eigenvalue weighted by Gasteiger charge is 2.11. The number of carboxylic acid groups (broad SMARTS) is 1. The number of nitrogens with one attached hydrogen (secondary N) is 1. The van der Waals surface area contributed by atoms with Crippen LogP contribution in [0.2, 0.25) is 10.0 Å². The zero-order chi connectivity index (χ0) is 19.4. The van der Waals surface area contributed by atoms with E-state index < -0.39 is 5.97 Å². The Labute approximate surface area is 168 Å². The van der Waals surface area contributed by atoms with Gasteiger partial charge in [0.05, 0.1) is 15.7 Å². The molecule has 0 unspecified atom stereocenters. The molecule has 0 bridgehead atoms. The molecule has 0 fully saturated rings. The largest absolute Gasteiger partial charge is 0.472 e. The van der Waals surface area contributed by atoms with Crippen LogP contribution in [0.25, 0.3) is 11.3 Å². The molecular formula is C19H10Cl2N2O3S. The molecule has 0 saturated heterocycles. The molecule has 0 atom stereocenters. The maximum Gasteiger partial charge on any atom is 0.382 e. The van der Waals surface area contributed by atoms with Crippen LogP contribution < -0.4 is 5.32 Å². The first kappa shape index (κ1) is 18.9. The molecular weight excluding hydrogens is 407 g/mol. The van der Waals surface area contributed by atoms with Crippen LogP contribution in [0.4, 0.5) is 5.13 Å². The second kappa shape index (κ2) is 8.23. The predicted molar refractivity (Wildman–Crippen MR) is 106 cm³/mol. The van der Waals surface area contributed by atoms with Crippen molar-refractivity contribution in [1.82, 2.24) is 4.98 Å². The van der Waals surface area contributed by atoms with Crippen LogP contribution in [0.3, 0.4) is 0 Å². The Hall–Kier alpha value is -2.85. The molecule has 2 aromatic carbocycles. The zero-order valence-corrected chi connectivity index (χ0v) is 15.8. The van der Waals surface area contributed by atoms with Crippen molar-refractivity contribution in [3.8, 4) is 23.1 Å². The van der Waals surface area contributed by atoms with E-state index >= 15 is 0 Å². The minimum absolute atomic E-state index is 0.331. The van der Waals surface area contributed by atoms with Crippen LogP contribution in [-0.2, 0) is 4.79 Å². The number of aromatic nitrogens is 1. The van der Waals surface area contributed by atoms with Crippen LogP contribution in [-0.4, -0.2) is 22.0 Å². The molecule has 0 radical (unpaired) electrons. The van der Waals surface area contributed by atoms with E-state index in [-0.39, 0.29) is 5.91 Å². The molecule has 8 heteroatoms. The van der Waals surface area contributed by atoms with Crippen molar-refractivity contribution in [3.05, 3.63) is 69.0 Å². The number of nitrogens with zero attached hydrogens (tertiary/aromatic N) is 1. The summed E-state index contributed by atoms with van der Waals surface area (Å²) in [5.41, 5.74) is 2.38. The van der Waals surface area contributed by atoms with Gasteiger partial charge in [0.15, 0.2) is 5.13 Å². The van der Waals surface area contributed by atoms with Gasteiger partial charge < -0.3 is 5.11 Å². The third kappa shape index (κ3) is 4.86. The summed E-state index contributed by atoms with van der Waals surface area (Å²) < 4.78 is 0. The summed E-state index contributed by atoms with van der Waals surface area (Å²) in [7, 11) is 0. The fourth-order valence-electron chi connectivity index (χ4n) is 2.12. The van der Waals surface area contributed by atoms with Crippen molar-refractivity contribution in [3.63, 3.8) is 0 Å². The number of rotatable bonds is 3. The van der Waals surface area contributed by atoms with Crippen molar-refractivity contribution in [2.24, 2.45) is 0 Å². The van der Waals surface area contributed by atoms with Gasteiger partial charge in [-0.2, -0.15) is 0 Å². The van der Waals surface area contributed by atoms with E-state index in [1.807, 2.05) is 5.92 Å². The number of hydrogen-bond acceptors (Lipinski definition) is 4. The lowest BCUT2D eigenvalue weighted by atomic mass is 10.1. The summed E-state index contributed by atoms with van der Waals surface area (Å²) >= 11 is 13.2. The second-order valence-electron chi connectivity index (χ2n) is 5.25. The van der Waals surface area contributed by atoms with Gasteiger partial charge in [-0.15, -0.1) is 11.3 Å². The summed E-state index contributed by atoms with van der Waals surface area (Å²) in [5, 5.41) is 14.4. The first-order valence-electron chi connectivity index (χ1n) is 7.49. The summed E-state index contributed by atoms with van der Waals surface area (Å²) in [6, 6.07) is 11.5. The number of carboxylic acids is 1. The van der Waals surface area contributed by atoms with E-state index in [1.165, 1.54) is 11.3 Å². The summed E-state index contributed by atoms with van der Waals surface area (Å²) in [6.45, 7) is 0. The number of halogens is 2. The van der Waals surface area contributed by atoms with Gasteiger partial charge >= 0.3 is 5.97 Å². The molecule has 1 heterocycles. The molecule has 0 aliphatic carbocycles. The van der Waals surface area contributed by atoms with Gasteiger partial charge in [-0.1, -0.05) is 35.2 Å². The van der Waals surface area contributed by atoms with E-state index in [0.717, 1.165) is 5.56 Å². The predicted octanol–water partition coefficient (Wildman–Crippen LogP) is 4.81. The summed E-state index contributed by atoms with van der Waals surface area (Å²) in [5.74, 6) is 2.95. The Morgan fingerprint density at radius 3 is 2.48 bits per heavy atom. The lowest BCUT2D eigenvalue weighted by molar-refractivity contribution is -0.130. The van der Waals surface area contributed by atoms with Crippen molar-refractivity contribution in [1.29, 1.82) is 0 Å². The third-order valence-corrected chi connectivity index (χ3v) is 4.90. The second-order valence-corrected chi connectivity index (χ2v) is 6.93. The Morgan fingerprint density at radius 2 is 1.81 bits per heavy atom. The highest BCUT2D eigenvalue weighted by atomic mass is 35.5. The standard InChI is InChI=1S/C19H10Cl2N2O3S/c20-14-7-6-13(9-15(14)21)16-10-27-19(22-16)23-18(26)12-4-1-11(2-5-12)3-8-17(24)25/h1-2,4-7,9-10H,(H,24,25)(H,22,23,26). The van der Waals surface area contributed by atoms with Gasteiger partial charge in [-0.3, -0.25) is 10.1 Å². The van der Waals surface area contributed by atoms with Gasteiger partial charge in [0.2, 0.25) is 0 Å². The van der Waals surface area contributed by atoms with Gasteiger partial charge in [-0.05, 0) is 36.4 Å². The van der Waals surface area contributed by atoms with Crippen molar-refractivity contribution in [2.75, 3.05) is 5.32 Å². The molecule has 0 aliphatic rings. The molecule has 1 aromatic heterocycles. The zero-order valence-electron chi connectivity index (χ0n) is 13.5. The Bertz CT molecular complexity index is 1080. The summed E-state index contributed by atoms with van der Waals surface area (Å²) in [6.07, 6.45) is 0. The number of anilines is 1. The van der Waals surface area contributed by atoms with Gasteiger partial charge in [-0.25, -0.2) is 9.78 Å². The molecule has 1 amide bonds. The molecule has 5 nitrogen and oxygen atoms in total. The van der Waals surface area contributed by atoms with E-state index in [1.54, 1.807) is 47.8 Å². The SMILES string of the molecule is O=C(O)C#Cc1ccc(C(=O)Nc2nc(-c3ccc(Cl)c(Cl)c3)cs2)cc1. The number of amides is 1. The van der Waals surface area contributed by atoms with Crippen molar-refractivity contribution < 1.29 is 14.7 Å². The fourth-order valence-corrected chi connectivity index (χ4v) is 3.13. The maximum atomic E-state index is 12.3. The average molecular weight is 417 g/mol. The average Bonchev–Trinajstić information content (AvgIpc) is 3.11. The van der Waals surface area contributed by atoms with Crippen LogP contribution in [0.1, 0.15) is 15.9 Å². The first-order chi connectivity index (χ1) is 12.9. The lowest BCUT2D eigenvalue weighted by Crippen LogP contribution is -2.11. The molecule has 0 spiro atoms. The van der Waals surface area contributed by atoms with Crippen LogP contribution >= 0.6 is 34.5 Å². The quantitative estimate of drug-likeness (QED) is 0.600. The van der Waals surface area contributed by atoms with E-state index in [9.17, 15) is 9.59 Å². The highest BCUT2D eigenvalue weighted by Crippen LogP contribution is 2.30. The maximum absolute atomic E-state index is 12.3. The van der Waals surface area contributed by atoms with Crippen LogP contribution in [0.5, 0.6) is 0 Å². The van der Waals surface area contributed by atoms with Gasteiger partial charge in [0.25, 0.3) is 5.91 Å². The molecule has 3 rings (SSSR count). The third-order valence-electron chi connectivity index (χ3n) is 3.40. The van der Waals surface area contributed by atoms with E-state index in [2.05, 4.69) is 16.2 Å². The molecule has 2 N–H and O–H groups in total. The molecule has 0 saturated carbocycles. The molecule has 134 valence electrons. The topological polar surface area (TPSA) is 79.3 Å². The number of hydrogen-bond donors (Lipinski definition) is 2. The molecule has 3 aromatic rings. The summed E-state index contributed by atoms with van der Waals surface area (Å²) in [4.78, 5) is 27.1. The van der Waals surface area contributed by atoms with Crippen LogP contribution in [0.15, 0.2) is 47.8 Å². The first-order valence-corrected chi connectivity index (χ1v) is 9.13. The Morgan fingerprint density at radius 1 is 1.07 bits per heavy atom. The lowest BCUT2D eigenvalue weighted by Gasteiger charge is -2.02. The Kier molecular flexibility index (Phi) is 5.77. The molecule has 27 heavy (non-hydrogen) atoms. The number of benzene rings is 2. The smallest absolute Gasteiger partial charge is 0.382 e. The van der Waals surface area contributed by atoms with Crippen molar-refractivity contribution in [2.45, 2.75) is 0 Å². The Balaban J connectivity index is 1.71. The number of carbonyl (C=O) groups excluding carboxylic acids is 1. The number of carbonyl (C=O) groups is 2. The number of thiazole rings is 1. The normalized spacial score (nSPS) is 10.0. The number of aliphatic carboxylic acids is 1. The highest BCUT2D eigenvalue weighted by molar-refractivity contribution is 7.14. The molecule has 0 aliphatic heterocycles. The van der Waals surface area contributed by atoms with Crippen LogP contribution in [0, 0.1) is 11.8 Å². The van der Waals surface area contributed by atoms with E-state index in [4.69, 9.17) is 28.3 Å². The fraction of sp³-hybridized carbons (Fsp3) is 0. The van der Waals surface area contributed by atoms with Gasteiger partial charge in [0.1, 0.15) is 0 Å². The minimum atomic E-state index is -1.21. The monoisotopic (exact) mass is 416 g/mol. The van der Waals surface area contributed by atoms with E-state index in [0.29, 0.717) is 32.0 Å².